The van der Waals surface area contributed by atoms with Crippen LogP contribution in [0.4, 0.5) is 5.82 Å². The Morgan fingerprint density at radius 3 is 2.25 bits per heavy atom. The number of hydrogen-bond acceptors (Lipinski definition) is 1. The highest BCUT2D eigenvalue weighted by Gasteiger charge is 2.15. The molecule has 0 aromatic carbocycles. The summed E-state index contributed by atoms with van der Waals surface area (Å²) in [6, 6.07) is 1.89. The van der Waals surface area contributed by atoms with Crippen LogP contribution in [-0.2, 0) is 0 Å². The molecule has 0 saturated carbocycles. The summed E-state index contributed by atoms with van der Waals surface area (Å²) in [5.74, 6) is 1.14. The van der Waals surface area contributed by atoms with Gasteiger partial charge in [-0.05, 0) is 6.92 Å². The second kappa shape index (κ2) is 2.75. The number of carbonyl (C=O) groups is 1. The van der Waals surface area contributed by atoms with E-state index in [2.05, 4.69) is 26.1 Å². The molecule has 0 fully saturated rings. The second-order valence-corrected chi connectivity index (χ2v) is 3.84. The fourth-order valence-corrected chi connectivity index (χ4v) is 0.973. The molecule has 0 unspecified atom stereocenters. The third-order valence-electron chi connectivity index (χ3n) is 1.80. The molecule has 66 valence electrons. The smallest absolute Gasteiger partial charge is 0.205 e. The Kier molecular flexibility index (Phi) is 2.06. The number of hydrogen-bond donors (Lipinski definition) is 1. The molecule has 1 heterocycles. The van der Waals surface area contributed by atoms with Crippen molar-refractivity contribution in [3.8, 4) is 0 Å². The van der Waals surface area contributed by atoms with Gasteiger partial charge in [-0.3, -0.25) is 9.28 Å². The van der Waals surface area contributed by atoms with E-state index in [9.17, 15) is 4.79 Å². The first-order valence-corrected chi connectivity index (χ1v) is 3.92. The van der Waals surface area contributed by atoms with Crippen molar-refractivity contribution in [1.29, 1.82) is 0 Å². The average Bonchev–Trinajstić information content (AvgIpc) is 2.30. The van der Waals surface area contributed by atoms with Gasteiger partial charge >= 0.3 is 0 Å². The Bertz CT molecular complexity index is 294. The summed E-state index contributed by atoms with van der Waals surface area (Å²) in [5, 5.41) is 0. The van der Waals surface area contributed by atoms with E-state index in [4.69, 9.17) is 0 Å². The van der Waals surface area contributed by atoms with Crippen LogP contribution in [-0.4, -0.2) is 31.9 Å². The van der Waals surface area contributed by atoms with E-state index in [0.29, 0.717) is 4.48 Å². The first-order chi connectivity index (χ1) is 5.41. The Balaban J connectivity index is 3.00. The summed E-state index contributed by atoms with van der Waals surface area (Å²) in [6.07, 6.45) is 1.75. The van der Waals surface area contributed by atoms with Crippen molar-refractivity contribution >= 4 is 11.6 Å². The van der Waals surface area contributed by atoms with Crippen molar-refractivity contribution in [1.82, 2.24) is 9.47 Å². The van der Waals surface area contributed by atoms with Crippen molar-refractivity contribution in [2.24, 2.45) is 0 Å². The summed E-state index contributed by atoms with van der Waals surface area (Å²) in [6.45, 7) is 1.57. The molecule has 0 spiro atoms. The molecule has 3 nitrogen and oxygen atoms in total. The molecule has 1 N–H and O–H groups in total. The molecule has 0 bridgehead atoms. The van der Waals surface area contributed by atoms with E-state index in [0.717, 1.165) is 11.4 Å². The first kappa shape index (κ1) is 9.00. The largest absolute Gasteiger partial charge is 0.317 e. The predicted molar refractivity (Wildman–Crippen MR) is 50.4 cm³/mol. The number of carbonyl (C=O) groups excluding carboxylic acids is 1. The molecule has 1 rings (SSSR count). The van der Waals surface area contributed by atoms with Crippen molar-refractivity contribution in [3.05, 3.63) is 17.8 Å². The van der Waals surface area contributed by atoms with Gasteiger partial charge in [0.2, 0.25) is 5.82 Å². The predicted octanol–water partition coefficient (Wildman–Crippen LogP) is 1.41. The molecule has 0 radical (unpaired) electrons. The van der Waals surface area contributed by atoms with Gasteiger partial charge in [-0.15, -0.1) is 0 Å². The minimum Gasteiger partial charge on any atom is -0.317 e. The monoisotopic (exact) mass is 167 g/mol. The molecule has 3 heteroatoms. The minimum atomic E-state index is 0.103. The molecule has 0 amide bonds. The lowest BCUT2D eigenvalue weighted by atomic mass is 10.2. The average molecular weight is 167 g/mol. The first-order valence-electron chi connectivity index (χ1n) is 3.92. The van der Waals surface area contributed by atoms with Gasteiger partial charge in [-0.1, -0.05) is 0 Å². The Morgan fingerprint density at radius 2 is 2.00 bits per heavy atom. The van der Waals surface area contributed by atoms with Gasteiger partial charge in [0.1, 0.15) is 0 Å². The number of quaternary nitrogens is 1. The Hall–Kier alpha value is -1.09. The van der Waals surface area contributed by atoms with E-state index < -0.39 is 0 Å². The molecule has 0 aliphatic rings. The summed E-state index contributed by atoms with van der Waals surface area (Å²) in [5.41, 5.74) is 0.748. The summed E-state index contributed by atoms with van der Waals surface area (Å²) >= 11 is 0. The zero-order chi connectivity index (χ0) is 9.35. The van der Waals surface area contributed by atoms with Crippen LogP contribution in [0.15, 0.2) is 12.3 Å². The lowest BCUT2D eigenvalue weighted by molar-refractivity contribution is 0.101. The molecule has 1 aromatic heterocycles. The highest BCUT2D eigenvalue weighted by atomic mass is 16.1. The van der Waals surface area contributed by atoms with Gasteiger partial charge in [0.05, 0.1) is 21.1 Å². The van der Waals surface area contributed by atoms with Gasteiger partial charge in [0.25, 0.3) is 0 Å². The van der Waals surface area contributed by atoms with E-state index in [1.165, 1.54) is 0 Å². The fraction of sp³-hybridized carbons (Fsp3) is 0.444. The lowest BCUT2D eigenvalue weighted by Crippen LogP contribution is -2.35. The standard InChI is InChI=1S/C9H14N2O/c1-7(12)8-5-9(10-6-8)11(2,3)4/h5-6H,1-4H3/p+1. The molecule has 1 aromatic rings. The highest BCUT2D eigenvalue weighted by Crippen LogP contribution is 2.16. The second-order valence-electron chi connectivity index (χ2n) is 3.84. The molecule has 0 aliphatic carbocycles. The van der Waals surface area contributed by atoms with E-state index in [1.54, 1.807) is 13.1 Å². The molecular formula is C9H15N2O+. The quantitative estimate of drug-likeness (QED) is 0.524. The van der Waals surface area contributed by atoms with E-state index in [-0.39, 0.29) is 5.78 Å². The Labute approximate surface area is 72.6 Å². The van der Waals surface area contributed by atoms with E-state index in [1.807, 2.05) is 6.07 Å². The minimum absolute atomic E-state index is 0.103. The SMILES string of the molecule is CC(=O)c1c[nH]c([N+](C)(C)C)c1. The maximum Gasteiger partial charge on any atom is 0.205 e. The third-order valence-corrected chi connectivity index (χ3v) is 1.80. The molecule has 12 heavy (non-hydrogen) atoms. The van der Waals surface area contributed by atoms with Crippen LogP contribution >= 0.6 is 0 Å². The lowest BCUT2D eigenvalue weighted by Gasteiger charge is -2.20. The van der Waals surface area contributed by atoms with Crippen molar-refractivity contribution in [2.75, 3.05) is 21.1 Å². The van der Waals surface area contributed by atoms with Crippen LogP contribution in [0.1, 0.15) is 17.3 Å². The normalized spacial score (nSPS) is 11.7. The molecule has 0 atom stereocenters. The van der Waals surface area contributed by atoms with Gasteiger partial charge in [-0.2, -0.15) is 0 Å². The van der Waals surface area contributed by atoms with Gasteiger partial charge in [-0.25, -0.2) is 0 Å². The van der Waals surface area contributed by atoms with E-state index >= 15 is 0 Å². The Morgan fingerprint density at radius 1 is 1.42 bits per heavy atom. The van der Waals surface area contributed by atoms with Crippen LogP contribution in [0, 0.1) is 0 Å². The van der Waals surface area contributed by atoms with Gasteiger partial charge < -0.3 is 4.98 Å². The molecular weight excluding hydrogens is 152 g/mol. The van der Waals surface area contributed by atoms with Crippen molar-refractivity contribution < 1.29 is 4.79 Å². The number of nitrogens with zero attached hydrogens (tertiary/aromatic N) is 1. The van der Waals surface area contributed by atoms with Crippen LogP contribution < -0.4 is 4.48 Å². The topological polar surface area (TPSA) is 32.9 Å². The zero-order valence-electron chi connectivity index (χ0n) is 8.01. The van der Waals surface area contributed by atoms with Crippen LogP contribution in [0.2, 0.25) is 0 Å². The summed E-state index contributed by atoms with van der Waals surface area (Å²) in [7, 11) is 6.15. The number of ketones is 1. The molecule has 0 aliphatic heterocycles. The fourth-order valence-electron chi connectivity index (χ4n) is 0.973. The van der Waals surface area contributed by atoms with Crippen LogP contribution in [0.3, 0.4) is 0 Å². The maximum absolute atomic E-state index is 11.0. The maximum atomic E-state index is 11.0. The van der Waals surface area contributed by atoms with Crippen molar-refractivity contribution in [2.45, 2.75) is 6.92 Å². The molecule has 0 saturated heterocycles. The number of aromatic amines is 1. The zero-order valence-corrected chi connectivity index (χ0v) is 8.01. The third kappa shape index (κ3) is 1.74. The summed E-state index contributed by atoms with van der Waals surface area (Å²) in [4.78, 5) is 14.0. The number of H-pyrrole nitrogens is 1. The highest BCUT2D eigenvalue weighted by molar-refractivity contribution is 5.94. The van der Waals surface area contributed by atoms with Gasteiger partial charge in [0.15, 0.2) is 5.78 Å². The summed E-state index contributed by atoms with van der Waals surface area (Å²) < 4.78 is 0.702. The van der Waals surface area contributed by atoms with Crippen LogP contribution in [0.5, 0.6) is 0 Å². The number of Topliss-reactive ketones (excluding diaryl/α,β-unsaturated/α-hetero) is 1. The van der Waals surface area contributed by atoms with Gasteiger partial charge in [0, 0.05) is 17.8 Å². The number of rotatable bonds is 2. The van der Waals surface area contributed by atoms with Crippen molar-refractivity contribution in [3.63, 3.8) is 0 Å². The number of aromatic nitrogens is 1. The number of nitrogens with one attached hydrogen (secondary N) is 1. The van der Waals surface area contributed by atoms with Crippen LogP contribution in [0.25, 0.3) is 0 Å².